The van der Waals surface area contributed by atoms with Crippen LogP contribution in [0.2, 0.25) is 0 Å². The summed E-state index contributed by atoms with van der Waals surface area (Å²) in [6, 6.07) is 0. The van der Waals surface area contributed by atoms with Crippen LogP contribution in [0.3, 0.4) is 0 Å². The first kappa shape index (κ1) is 11.7. The van der Waals surface area contributed by atoms with Crippen molar-refractivity contribution in [1.82, 2.24) is 5.32 Å². The third-order valence-electron chi connectivity index (χ3n) is 1.48. The minimum Gasteiger partial charge on any atom is -0.478 e. The molecule has 0 radical (unpaired) electrons. The summed E-state index contributed by atoms with van der Waals surface area (Å²) in [4.78, 5) is 20.9. The lowest BCUT2D eigenvalue weighted by Gasteiger charge is -1.97. The van der Waals surface area contributed by atoms with Crippen molar-refractivity contribution in [3.63, 3.8) is 0 Å². The fraction of sp³-hybridized carbons (Fsp3) is 0.556. The second-order valence-electron chi connectivity index (χ2n) is 2.70. The van der Waals surface area contributed by atoms with Gasteiger partial charge in [-0.2, -0.15) is 0 Å². The quantitative estimate of drug-likeness (QED) is 0.484. The molecule has 0 bridgehead atoms. The summed E-state index contributed by atoms with van der Waals surface area (Å²) in [5, 5.41) is 10.6. The van der Waals surface area contributed by atoms with Gasteiger partial charge >= 0.3 is 5.97 Å². The molecule has 0 aromatic heterocycles. The second kappa shape index (κ2) is 7.34. The molecule has 0 saturated heterocycles. The molecule has 74 valence electrons. The molecule has 0 aromatic carbocycles. The summed E-state index contributed by atoms with van der Waals surface area (Å²) in [5.41, 5.74) is 0. The van der Waals surface area contributed by atoms with Gasteiger partial charge in [0, 0.05) is 18.7 Å². The van der Waals surface area contributed by atoms with E-state index in [9.17, 15) is 9.59 Å². The Labute approximate surface area is 77.6 Å². The minimum absolute atomic E-state index is 0.133. The van der Waals surface area contributed by atoms with E-state index in [4.69, 9.17) is 5.11 Å². The van der Waals surface area contributed by atoms with Crippen LogP contribution in [0.25, 0.3) is 0 Å². The highest BCUT2D eigenvalue weighted by atomic mass is 16.4. The van der Waals surface area contributed by atoms with Gasteiger partial charge in [0.15, 0.2) is 0 Å². The van der Waals surface area contributed by atoms with Crippen molar-refractivity contribution in [1.29, 1.82) is 0 Å². The van der Waals surface area contributed by atoms with Crippen molar-refractivity contribution in [2.45, 2.75) is 32.6 Å². The maximum Gasteiger partial charge on any atom is 0.329 e. The van der Waals surface area contributed by atoms with E-state index < -0.39 is 5.97 Å². The molecule has 0 aromatic rings. The van der Waals surface area contributed by atoms with Crippen LogP contribution in [0, 0.1) is 0 Å². The van der Waals surface area contributed by atoms with E-state index in [1.165, 1.54) is 0 Å². The number of carboxylic acids is 1. The van der Waals surface area contributed by atoms with E-state index in [1.807, 2.05) is 0 Å². The third-order valence-corrected chi connectivity index (χ3v) is 1.48. The van der Waals surface area contributed by atoms with Gasteiger partial charge in [0.05, 0.1) is 0 Å². The Kier molecular flexibility index (Phi) is 6.59. The van der Waals surface area contributed by atoms with Crippen LogP contribution >= 0.6 is 0 Å². The molecule has 0 atom stereocenters. The average Bonchev–Trinajstić information content (AvgIpc) is 2.04. The summed E-state index contributed by atoms with van der Waals surface area (Å²) < 4.78 is 0. The maximum atomic E-state index is 10.9. The molecule has 0 aliphatic heterocycles. The predicted molar refractivity (Wildman–Crippen MR) is 49.1 cm³/mol. The van der Waals surface area contributed by atoms with E-state index >= 15 is 0 Å². The monoisotopic (exact) mass is 185 g/mol. The highest BCUT2D eigenvalue weighted by molar-refractivity contribution is 5.82. The Bertz CT molecular complexity index is 199. The normalized spacial score (nSPS) is 10.2. The molecular formula is C9H15NO3. The Hall–Kier alpha value is -1.32. The smallest absolute Gasteiger partial charge is 0.329 e. The first-order valence-corrected chi connectivity index (χ1v) is 4.35. The van der Waals surface area contributed by atoms with Gasteiger partial charge in [-0.3, -0.25) is 4.79 Å². The van der Waals surface area contributed by atoms with E-state index in [1.54, 1.807) is 0 Å². The van der Waals surface area contributed by atoms with Crippen LogP contribution < -0.4 is 5.32 Å². The molecule has 4 heteroatoms. The molecule has 0 heterocycles. The predicted octanol–water partition coefficient (Wildman–Crippen LogP) is 1.28. The Balaban J connectivity index is 3.46. The number of rotatable bonds is 6. The first-order chi connectivity index (χ1) is 6.16. The molecule has 13 heavy (non-hydrogen) atoms. The standard InChI is InChI=1S/C9H15NO3/c1-2-3-4-5-8(11)10-7-6-9(12)13/h6-7H,2-5H2,1H3,(H,10,11)(H,12,13). The van der Waals surface area contributed by atoms with Crippen molar-refractivity contribution in [2.24, 2.45) is 0 Å². The Morgan fingerprint density at radius 1 is 1.38 bits per heavy atom. The summed E-state index contributed by atoms with van der Waals surface area (Å²) in [6.45, 7) is 2.06. The van der Waals surface area contributed by atoms with Crippen molar-refractivity contribution in [2.75, 3.05) is 0 Å². The van der Waals surface area contributed by atoms with Crippen LogP contribution in [-0.2, 0) is 9.59 Å². The van der Waals surface area contributed by atoms with Crippen molar-refractivity contribution < 1.29 is 14.7 Å². The van der Waals surface area contributed by atoms with Crippen LogP contribution in [0.4, 0.5) is 0 Å². The van der Waals surface area contributed by atoms with Crippen LogP contribution in [-0.4, -0.2) is 17.0 Å². The zero-order valence-electron chi connectivity index (χ0n) is 7.75. The number of nitrogens with one attached hydrogen (secondary N) is 1. The number of hydrogen-bond acceptors (Lipinski definition) is 2. The summed E-state index contributed by atoms with van der Waals surface area (Å²) in [7, 11) is 0. The fourth-order valence-corrected chi connectivity index (χ4v) is 0.814. The van der Waals surface area contributed by atoms with Gasteiger partial charge in [0.25, 0.3) is 0 Å². The zero-order valence-corrected chi connectivity index (χ0v) is 7.75. The van der Waals surface area contributed by atoms with Gasteiger partial charge in [-0.25, -0.2) is 4.79 Å². The molecule has 0 aliphatic rings. The van der Waals surface area contributed by atoms with Crippen molar-refractivity contribution >= 4 is 11.9 Å². The highest BCUT2D eigenvalue weighted by Gasteiger charge is 1.97. The zero-order chi connectivity index (χ0) is 10.1. The van der Waals surface area contributed by atoms with Gasteiger partial charge in [0.2, 0.25) is 5.91 Å². The maximum absolute atomic E-state index is 10.9. The summed E-state index contributed by atoms with van der Waals surface area (Å²) >= 11 is 0. The molecule has 0 fully saturated rings. The van der Waals surface area contributed by atoms with E-state index in [2.05, 4.69) is 12.2 Å². The topological polar surface area (TPSA) is 66.4 Å². The van der Waals surface area contributed by atoms with Gasteiger partial charge in [-0.1, -0.05) is 19.8 Å². The number of aliphatic carboxylic acids is 1. The van der Waals surface area contributed by atoms with E-state index in [0.29, 0.717) is 6.42 Å². The number of hydrogen-bond donors (Lipinski definition) is 2. The lowest BCUT2D eigenvalue weighted by molar-refractivity contribution is -0.131. The minimum atomic E-state index is -1.06. The molecule has 4 nitrogen and oxygen atoms in total. The van der Waals surface area contributed by atoms with Crippen LogP contribution in [0.1, 0.15) is 32.6 Å². The first-order valence-electron chi connectivity index (χ1n) is 4.35. The van der Waals surface area contributed by atoms with Gasteiger partial charge in [-0.15, -0.1) is 0 Å². The Morgan fingerprint density at radius 2 is 2.08 bits per heavy atom. The molecule has 0 rings (SSSR count). The van der Waals surface area contributed by atoms with Gasteiger partial charge in [0.1, 0.15) is 0 Å². The van der Waals surface area contributed by atoms with Crippen LogP contribution in [0.5, 0.6) is 0 Å². The average molecular weight is 185 g/mol. The van der Waals surface area contributed by atoms with E-state index in [0.717, 1.165) is 31.5 Å². The van der Waals surface area contributed by atoms with Crippen LogP contribution in [0.15, 0.2) is 12.3 Å². The lowest BCUT2D eigenvalue weighted by atomic mass is 10.2. The lowest BCUT2D eigenvalue weighted by Crippen LogP contribution is -2.16. The molecule has 0 spiro atoms. The largest absolute Gasteiger partial charge is 0.478 e. The highest BCUT2D eigenvalue weighted by Crippen LogP contribution is 1.97. The third kappa shape index (κ3) is 8.59. The van der Waals surface area contributed by atoms with E-state index in [-0.39, 0.29) is 5.91 Å². The number of amides is 1. The number of carboxylic acid groups (broad SMARTS) is 1. The molecule has 0 saturated carbocycles. The summed E-state index contributed by atoms with van der Waals surface area (Å²) in [6.07, 6.45) is 5.45. The summed E-state index contributed by atoms with van der Waals surface area (Å²) in [5.74, 6) is -1.19. The Morgan fingerprint density at radius 3 is 2.62 bits per heavy atom. The van der Waals surface area contributed by atoms with Gasteiger partial charge in [-0.05, 0) is 6.42 Å². The SMILES string of the molecule is CCCCCC(=O)NC=CC(=O)O. The molecule has 0 unspecified atom stereocenters. The number of carbonyl (C=O) groups excluding carboxylic acids is 1. The molecule has 1 amide bonds. The van der Waals surface area contributed by atoms with Crippen molar-refractivity contribution in [3.05, 3.63) is 12.3 Å². The second-order valence-corrected chi connectivity index (χ2v) is 2.70. The number of unbranched alkanes of at least 4 members (excludes halogenated alkanes) is 2. The fourth-order valence-electron chi connectivity index (χ4n) is 0.814. The molecular weight excluding hydrogens is 170 g/mol. The molecule has 0 aliphatic carbocycles. The van der Waals surface area contributed by atoms with Gasteiger partial charge < -0.3 is 10.4 Å². The van der Waals surface area contributed by atoms with Crippen molar-refractivity contribution in [3.8, 4) is 0 Å². The molecule has 2 N–H and O–H groups in total. The number of carbonyl (C=O) groups is 2.